The van der Waals surface area contributed by atoms with Crippen LogP contribution < -0.4 is 8.61 Å². The Morgan fingerprint density at radius 1 is 1.08 bits per heavy atom. The first-order chi connectivity index (χ1) is 11.0. The molecule has 0 aliphatic heterocycles. The summed E-state index contributed by atoms with van der Waals surface area (Å²) in [6, 6.07) is 3.94. The van der Waals surface area contributed by atoms with Gasteiger partial charge in [0, 0.05) is 0 Å². The van der Waals surface area contributed by atoms with E-state index in [1.807, 2.05) is 13.8 Å². The Morgan fingerprint density at radius 2 is 1.60 bits per heavy atom. The molecule has 0 spiro atoms. The average Bonchev–Trinajstić information content (AvgIpc) is 2.36. The van der Waals surface area contributed by atoms with Gasteiger partial charge in [0.15, 0.2) is 0 Å². The fourth-order valence-corrected chi connectivity index (χ4v) is 3.22. The highest BCUT2D eigenvalue weighted by molar-refractivity contribution is 7.88. The molecular weight excluding hydrogens is 373 g/mol. The second-order valence-electron chi connectivity index (χ2n) is 7.70. The molecule has 1 rings (SSSR count). The molecule has 0 aromatic heterocycles. The summed E-state index contributed by atoms with van der Waals surface area (Å²) in [6.45, 7) is 14.0. The molecule has 0 saturated heterocycles. The van der Waals surface area contributed by atoms with Crippen LogP contribution >= 0.6 is 0 Å². The highest BCUT2D eigenvalue weighted by atomic mass is 32.2. The summed E-state index contributed by atoms with van der Waals surface area (Å²) in [6.07, 6.45) is 0. The van der Waals surface area contributed by atoms with Gasteiger partial charge in [-0.15, -0.1) is 0 Å². The van der Waals surface area contributed by atoms with Crippen LogP contribution in [-0.2, 0) is 10.1 Å². The van der Waals surface area contributed by atoms with Crippen LogP contribution in [0.2, 0.25) is 18.1 Å². The summed E-state index contributed by atoms with van der Waals surface area (Å²) in [7, 11) is -7.85. The SMILES string of the molecule is CC(C)c1cc(OS(=O)(=O)C(F)(F)F)ccc1O[Si](C)(C)C(C)(C)C. The summed E-state index contributed by atoms with van der Waals surface area (Å²) in [5.74, 6) is 0.0684. The van der Waals surface area contributed by atoms with Crippen LogP contribution in [0.25, 0.3) is 0 Å². The fraction of sp³-hybridized carbons (Fsp3) is 0.625. The third-order valence-electron chi connectivity index (χ3n) is 4.26. The fourth-order valence-electron chi connectivity index (χ4n) is 1.72. The summed E-state index contributed by atoms with van der Waals surface area (Å²) in [4.78, 5) is 0. The summed E-state index contributed by atoms with van der Waals surface area (Å²) in [5, 5.41) is -0.0595. The smallest absolute Gasteiger partial charge is 0.534 e. The van der Waals surface area contributed by atoms with Crippen LogP contribution in [-0.4, -0.2) is 22.2 Å². The van der Waals surface area contributed by atoms with Gasteiger partial charge in [-0.05, 0) is 47.8 Å². The molecule has 0 atom stereocenters. The Hall–Kier alpha value is -1.22. The Kier molecular flexibility index (Phi) is 5.96. The van der Waals surface area contributed by atoms with Crippen molar-refractivity contribution in [3.8, 4) is 11.5 Å². The molecule has 0 aliphatic rings. The third kappa shape index (κ3) is 5.13. The van der Waals surface area contributed by atoms with Crippen LogP contribution in [0.15, 0.2) is 18.2 Å². The van der Waals surface area contributed by atoms with Crippen LogP contribution in [0.5, 0.6) is 11.5 Å². The molecule has 1 aromatic carbocycles. The average molecular weight is 399 g/mol. The highest BCUT2D eigenvalue weighted by Crippen LogP contribution is 2.40. The minimum absolute atomic E-state index is 0.0595. The van der Waals surface area contributed by atoms with E-state index < -0.39 is 23.9 Å². The van der Waals surface area contributed by atoms with E-state index in [0.29, 0.717) is 11.3 Å². The molecule has 0 aliphatic carbocycles. The van der Waals surface area contributed by atoms with E-state index in [-0.39, 0.29) is 16.7 Å². The van der Waals surface area contributed by atoms with Crippen molar-refractivity contribution in [3.63, 3.8) is 0 Å². The van der Waals surface area contributed by atoms with Gasteiger partial charge in [0.05, 0.1) is 0 Å². The first-order valence-electron chi connectivity index (χ1n) is 7.81. The van der Waals surface area contributed by atoms with Gasteiger partial charge in [0.1, 0.15) is 11.5 Å². The summed E-state index contributed by atoms with van der Waals surface area (Å²) in [5.41, 5.74) is -4.87. The molecule has 0 heterocycles. The standard InChI is InChI=1S/C16H25F3O4SSi/c1-11(2)13-10-12(22-24(20,21)16(17,18)19)8-9-14(13)23-25(6,7)15(3,4)5/h8-11H,1-7H3. The zero-order chi connectivity index (χ0) is 19.8. The Morgan fingerprint density at radius 3 is 2.00 bits per heavy atom. The first kappa shape index (κ1) is 21.8. The lowest BCUT2D eigenvalue weighted by molar-refractivity contribution is -0.0500. The zero-order valence-corrected chi connectivity index (χ0v) is 17.3. The lowest BCUT2D eigenvalue weighted by Crippen LogP contribution is -2.44. The van der Waals surface area contributed by atoms with E-state index in [4.69, 9.17) is 4.43 Å². The van der Waals surface area contributed by atoms with Gasteiger partial charge in [-0.1, -0.05) is 34.6 Å². The second kappa shape index (κ2) is 6.83. The molecule has 0 amide bonds. The van der Waals surface area contributed by atoms with Crippen molar-refractivity contribution in [2.75, 3.05) is 0 Å². The van der Waals surface area contributed by atoms with Crippen LogP contribution in [0.4, 0.5) is 13.2 Å². The quantitative estimate of drug-likeness (QED) is 0.377. The van der Waals surface area contributed by atoms with Crippen molar-refractivity contribution < 1.29 is 30.2 Å². The van der Waals surface area contributed by atoms with Crippen LogP contribution in [0.3, 0.4) is 0 Å². The van der Waals surface area contributed by atoms with Gasteiger partial charge >= 0.3 is 15.6 Å². The predicted octanol–water partition coefficient (Wildman–Crippen LogP) is 5.42. The number of alkyl halides is 3. The lowest BCUT2D eigenvalue weighted by Gasteiger charge is -2.37. The topological polar surface area (TPSA) is 52.6 Å². The second-order valence-corrected chi connectivity index (χ2v) is 14.0. The number of hydrogen-bond acceptors (Lipinski definition) is 4. The van der Waals surface area contributed by atoms with Crippen molar-refractivity contribution in [2.24, 2.45) is 0 Å². The van der Waals surface area contributed by atoms with Gasteiger partial charge < -0.3 is 8.61 Å². The molecular formula is C16H25F3O4SSi. The number of benzene rings is 1. The largest absolute Gasteiger partial charge is 0.543 e. The van der Waals surface area contributed by atoms with E-state index in [2.05, 4.69) is 38.0 Å². The Balaban J connectivity index is 3.26. The van der Waals surface area contributed by atoms with Crippen molar-refractivity contribution >= 4 is 18.4 Å². The van der Waals surface area contributed by atoms with E-state index in [9.17, 15) is 21.6 Å². The maximum Gasteiger partial charge on any atom is 0.534 e. The molecule has 25 heavy (non-hydrogen) atoms. The maximum atomic E-state index is 12.5. The maximum absolute atomic E-state index is 12.5. The van der Waals surface area contributed by atoms with Gasteiger partial charge in [-0.25, -0.2) is 0 Å². The molecule has 9 heteroatoms. The number of hydrogen-bond donors (Lipinski definition) is 0. The zero-order valence-electron chi connectivity index (χ0n) is 15.5. The van der Waals surface area contributed by atoms with Gasteiger partial charge in [0.25, 0.3) is 0 Å². The molecule has 0 radical (unpaired) electrons. The summed E-state index contributed by atoms with van der Waals surface area (Å²) >= 11 is 0. The lowest BCUT2D eigenvalue weighted by atomic mass is 10.0. The number of rotatable bonds is 5. The Bertz CT molecular complexity index is 720. The van der Waals surface area contributed by atoms with E-state index in [1.165, 1.54) is 18.2 Å². The van der Waals surface area contributed by atoms with E-state index >= 15 is 0 Å². The van der Waals surface area contributed by atoms with Crippen LogP contribution in [0, 0.1) is 0 Å². The van der Waals surface area contributed by atoms with Crippen molar-refractivity contribution in [2.45, 2.75) is 64.2 Å². The Labute approximate surface area is 148 Å². The highest BCUT2D eigenvalue weighted by Gasteiger charge is 2.48. The number of halogens is 3. The molecule has 144 valence electrons. The molecule has 4 nitrogen and oxygen atoms in total. The van der Waals surface area contributed by atoms with Crippen LogP contribution in [0.1, 0.15) is 46.1 Å². The van der Waals surface area contributed by atoms with Crippen molar-refractivity contribution in [1.29, 1.82) is 0 Å². The molecule has 0 N–H and O–H groups in total. The van der Waals surface area contributed by atoms with E-state index in [0.717, 1.165) is 0 Å². The molecule has 0 bridgehead atoms. The van der Waals surface area contributed by atoms with Gasteiger partial charge in [0.2, 0.25) is 8.32 Å². The van der Waals surface area contributed by atoms with Crippen molar-refractivity contribution in [1.82, 2.24) is 0 Å². The normalized spacial score (nSPS) is 13.9. The van der Waals surface area contributed by atoms with Crippen molar-refractivity contribution in [3.05, 3.63) is 23.8 Å². The molecule has 0 unspecified atom stereocenters. The minimum atomic E-state index is -5.70. The molecule has 0 fully saturated rings. The van der Waals surface area contributed by atoms with Gasteiger partial charge in [-0.2, -0.15) is 21.6 Å². The predicted molar refractivity (Wildman–Crippen MR) is 94.0 cm³/mol. The molecule has 0 saturated carbocycles. The minimum Gasteiger partial charge on any atom is -0.543 e. The van der Waals surface area contributed by atoms with Gasteiger partial charge in [-0.3, -0.25) is 0 Å². The summed E-state index contributed by atoms with van der Waals surface area (Å²) < 4.78 is 70.2. The van der Waals surface area contributed by atoms with E-state index in [1.54, 1.807) is 0 Å². The third-order valence-corrected chi connectivity index (χ3v) is 9.59. The monoisotopic (exact) mass is 398 g/mol. The first-order valence-corrected chi connectivity index (χ1v) is 12.1. The molecule has 1 aromatic rings.